The molecule has 9 nitrogen and oxygen atoms in total. The Morgan fingerprint density at radius 2 is 1.50 bits per heavy atom. The van der Waals surface area contributed by atoms with Gasteiger partial charge < -0.3 is 24.4 Å². The largest absolute Gasteiger partial charge is 0.515 e. The van der Waals surface area contributed by atoms with Crippen molar-refractivity contribution in [2.45, 2.75) is 26.7 Å². The second kappa shape index (κ2) is 26.8. The molecular weight excluding hydrogens is 468 g/mol. The van der Waals surface area contributed by atoms with E-state index in [1.54, 1.807) is 6.92 Å². The van der Waals surface area contributed by atoms with E-state index < -0.39 is 17.9 Å². The summed E-state index contributed by atoms with van der Waals surface area (Å²) in [4.78, 5) is 41.1. The molecule has 1 aromatic rings. The number of aliphatic hydroxyl groups is 1. The first kappa shape index (κ1) is 36.2. The van der Waals surface area contributed by atoms with Gasteiger partial charge in [0.2, 0.25) is 0 Å². The Hall–Kier alpha value is -4.40. The fourth-order valence-corrected chi connectivity index (χ4v) is 1.59. The van der Waals surface area contributed by atoms with Gasteiger partial charge in [0.05, 0.1) is 32.2 Å². The fraction of sp³-hybridized carbons (Fsp3) is 0.259. The Morgan fingerprint density at radius 3 is 1.83 bits per heavy atom. The van der Waals surface area contributed by atoms with Crippen molar-refractivity contribution in [3.05, 3.63) is 91.8 Å². The number of rotatable bonds is 10. The average molecular weight is 505 g/mol. The minimum Gasteiger partial charge on any atom is -0.515 e. The number of aliphatic hydroxyl groups excluding tert-OH is 1. The zero-order chi connectivity index (χ0) is 28.2. The number of unbranched alkanes of at least 4 members (excludes halogenated alkanes) is 1. The Labute approximate surface area is 212 Å². The van der Waals surface area contributed by atoms with E-state index in [1.807, 2.05) is 43.3 Å². The van der Waals surface area contributed by atoms with E-state index in [-0.39, 0.29) is 18.1 Å². The molecule has 198 valence electrons. The van der Waals surface area contributed by atoms with Crippen LogP contribution in [-0.2, 0) is 33.4 Å². The number of benzene rings is 1. The van der Waals surface area contributed by atoms with E-state index in [2.05, 4.69) is 33.9 Å². The highest BCUT2D eigenvalue weighted by Crippen LogP contribution is 1.99. The first-order chi connectivity index (χ1) is 17.2. The summed E-state index contributed by atoms with van der Waals surface area (Å²) in [6, 6.07) is 10.0. The van der Waals surface area contributed by atoms with Crippen LogP contribution in [0.5, 0.6) is 0 Å². The maximum absolute atomic E-state index is 10.9. The maximum atomic E-state index is 10.9. The molecule has 0 aromatic heterocycles. The van der Waals surface area contributed by atoms with Gasteiger partial charge in [-0.05, 0) is 25.0 Å². The molecule has 0 amide bonds. The Bertz CT molecular complexity index is 853. The number of aliphatic carboxylic acids is 1. The van der Waals surface area contributed by atoms with Gasteiger partial charge in [0, 0.05) is 18.2 Å². The van der Waals surface area contributed by atoms with Crippen LogP contribution >= 0.6 is 0 Å². The van der Waals surface area contributed by atoms with Crippen molar-refractivity contribution in [3.8, 4) is 0 Å². The van der Waals surface area contributed by atoms with Gasteiger partial charge in [-0.15, -0.1) is 0 Å². The average Bonchev–Trinajstić information content (AvgIpc) is 2.90. The molecule has 0 aliphatic carbocycles. The van der Waals surface area contributed by atoms with E-state index in [0.29, 0.717) is 12.9 Å². The number of carboxylic acids is 1. The molecule has 0 aliphatic heterocycles. The number of hydrogen-bond acceptors (Lipinski definition) is 8. The molecule has 0 aliphatic rings. The van der Waals surface area contributed by atoms with Crippen LogP contribution < -0.4 is 0 Å². The van der Waals surface area contributed by atoms with Gasteiger partial charge in [-0.1, -0.05) is 69.5 Å². The lowest BCUT2D eigenvalue weighted by atomic mass is 10.2. The number of carbonyl (C=O) groups excluding carboxylic acids is 3. The summed E-state index contributed by atoms with van der Waals surface area (Å²) in [5.41, 5.74) is 0.969. The lowest BCUT2D eigenvalue weighted by Crippen LogP contribution is -2.06. The summed E-state index contributed by atoms with van der Waals surface area (Å²) in [5.74, 6) is -2.69. The van der Waals surface area contributed by atoms with Gasteiger partial charge in [0.15, 0.2) is 0 Å². The van der Waals surface area contributed by atoms with Crippen LogP contribution in [0, 0.1) is 0 Å². The van der Waals surface area contributed by atoms with Crippen LogP contribution in [0.4, 0.5) is 0 Å². The number of ether oxygens (including phenoxy) is 3. The van der Waals surface area contributed by atoms with Crippen molar-refractivity contribution in [1.82, 2.24) is 0 Å². The lowest BCUT2D eigenvalue weighted by Gasteiger charge is -1.99. The third-order valence-corrected chi connectivity index (χ3v) is 3.37. The molecule has 0 saturated carbocycles. The summed E-state index contributed by atoms with van der Waals surface area (Å²) in [7, 11) is 1.31. The molecule has 9 heteroatoms. The third-order valence-electron chi connectivity index (χ3n) is 3.37. The van der Waals surface area contributed by atoms with Crippen molar-refractivity contribution < 1.29 is 43.6 Å². The van der Waals surface area contributed by atoms with Crippen molar-refractivity contribution in [1.29, 1.82) is 0 Å². The molecule has 0 radical (unpaired) electrons. The van der Waals surface area contributed by atoms with E-state index in [0.717, 1.165) is 31.1 Å². The molecule has 0 fully saturated rings. The molecule has 1 aromatic carbocycles. The topological polar surface area (TPSA) is 136 Å². The van der Waals surface area contributed by atoms with Crippen molar-refractivity contribution in [2.24, 2.45) is 0 Å². The smallest absolute Gasteiger partial charge is 0.341 e. The molecule has 0 bridgehead atoms. The van der Waals surface area contributed by atoms with Crippen LogP contribution in [0.15, 0.2) is 86.2 Å². The van der Waals surface area contributed by atoms with Crippen LogP contribution in [0.1, 0.15) is 32.3 Å². The fourth-order valence-electron chi connectivity index (χ4n) is 1.59. The quantitative estimate of drug-likeness (QED) is 0.115. The third kappa shape index (κ3) is 25.9. The first-order valence-corrected chi connectivity index (χ1v) is 10.8. The standard InChI is InChI=1S/C8H10O5.C8H8.C7H12O2.C4H6O2/c1-2-13-8(12)6(5-9)3-4-7(10)11;1-2-8-6-4-3-5-7-8;1-3-5-6-9-7(8)4-2;1-3-4(5)6-2/h3-5,9H,2H2,1H3,(H,10,11);2-7H,1H2;4H,2-3,5-6H2,1H3;3H,1H2,2H3. The molecule has 2 N–H and O–H groups in total. The van der Waals surface area contributed by atoms with Crippen molar-refractivity contribution in [3.63, 3.8) is 0 Å². The molecular formula is C27H36O9. The predicted molar refractivity (Wildman–Crippen MR) is 139 cm³/mol. The zero-order valence-corrected chi connectivity index (χ0v) is 21.1. The molecule has 0 atom stereocenters. The Kier molecular flexibility index (Phi) is 27.0. The number of esters is 3. The highest BCUT2D eigenvalue weighted by Gasteiger charge is 2.06. The Balaban J connectivity index is -0.000000419. The number of hydrogen-bond donors (Lipinski definition) is 2. The van der Waals surface area contributed by atoms with Gasteiger partial charge in [0.25, 0.3) is 0 Å². The van der Waals surface area contributed by atoms with Crippen LogP contribution in [0.25, 0.3) is 6.08 Å². The van der Waals surface area contributed by atoms with Crippen molar-refractivity contribution in [2.75, 3.05) is 20.3 Å². The highest BCUT2D eigenvalue weighted by atomic mass is 16.5. The maximum Gasteiger partial charge on any atom is 0.341 e. The van der Waals surface area contributed by atoms with E-state index in [4.69, 9.17) is 10.2 Å². The van der Waals surface area contributed by atoms with Crippen LogP contribution in [0.2, 0.25) is 0 Å². The minimum atomic E-state index is -1.20. The normalized spacial score (nSPS) is 9.36. The molecule has 36 heavy (non-hydrogen) atoms. The highest BCUT2D eigenvalue weighted by molar-refractivity contribution is 5.93. The SMILES string of the molecule is C=CC(=O)OC.C=CC(=O)OCCCC.C=Cc1ccccc1.CCOC(=O)C(C=CC(=O)O)=CO. The summed E-state index contributed by atoms with van der Waals surface area (Å²) >= 11 is 0. The second-order valence-electron chi connectivity index (χ2n) is 6.04. The summed E-state index contributed by atoms with van der Waals surface area (Å²) in [6.07, 6.45) is 8.29. The minimum absolute atomic E-state index is 0.164. The number of methoxy groups -OCH3 is 1. The molecule has 0 unspecified atom stereocenters. The van der Waals surface area contributed by atoms with Gasteiger partial charge in [0.1, 0.15) is 0 Å². The van der Waals surface area contributed by atoms with Gasteiger partial charge in [-0.25, -0.2) is 19.2 Å². The summed E-state index contributed by atoms with van der Waals surface area (Å²) < 4.78 is 13.3. The van der Waals surface area contributed by atoms with Crippen LogP contribution in [0.3, 0.4) is 0 Å². The van der Waals surface area contributed by atoms with Gasteiger partial charge in [-0.3, -0.25) is 0 Å². The number of carbonyl (C=O) groups is 4. The van der Waals surface area contributed by atoms with Crippen LogP contribution in [-0.4, -0.2) is 54.4 Å². The monoisotopic (exact) mass is 504 g/mol. The predicted octanol–water partition coefficient (Wildman–Crippen LogP) is 4.82. The molecule has 0 heterocycles. The first-order valence-electron chi connectivity index (χ1n) is 10.8. The van der Waals surface area contributed by atoms with Gasteiger partial charge in [-0.2, -0.15) is 0 Å². The van der Waals surface area contributed by atoms with Gasteiger partial charge >= 0.3 is 23.9 Å². The lowest BCUT2D eigenvalue weighted by molar-refractivity contribution is -0.139. The summed E-state index contributed by atoms with van der Waals surface area (Å²) in [5, 5.41) is 16.8. The van der Waals surface area contributed by atoms with E-state index >= 15 is 0 Å². The molecule has 0 saturated heterocycles. The summed E-state index contributed by atoms with van der Waals surface area (Å²) in [6.45, 7) is 14.4. The molecule has 1 rings (SSSR count). The van der Waals surface area contributed by atoms with E-state index in [9.17, 15) is 19.2 Å². The second-order valence-corrected chi connectivity index (χ2v) is 6.04. The molecule has 0 spiro atoms. The number of carboxylic acid groups (broad SMARTS) is 1. The Morgan fingerprint density at radius 1 is 0.917 bits per heavy atom. The van der Waals surface area contributed by atoms with Crippen molar-refractivity contribution >= 4 is 30.0 Å². The van der Waals surface area contributed by atoms with E-state index in [1.165, 1.54) is 18.7 Å². The zero-order valence-electron chi connectivity index (χ0n) is 21.1.